The molecule has 0 saturated heterocycles. The van der Waals surface area contributed by atoms with Crippen molar-refractivity contribution in [3.8, 4) is 17.1 Å². The van der Waals surface area contributed by atoms with E-state index in [0.717, 1.165) is 5.56 Å². The van der Waals surface area contributed by atoms with Crippen LogP contribution in [0, 0.1) is 0 Å². The number of carbonyl (C=O) groups is 2. The van der Waals surface area contributed by atoms with E-state index < -0.39 is 0 Å². The van der Waals surface area contributed by atoms with Crippen LogP contribution in [0.1, 0.15) is 17.3 Å². The molecule has 1 aromatic heterocycles. The molecule has 0 saturated carbocycles. The summed E-state index contributed by atoms with van der Waals surface area (Å²) in [6.45, 7) is 2.31. The summed E-state index contributed by atoms with van der Waals surface area (Å²) >= 11 is 0. The molecular formula is C20H19N3O4. The number of ether oxygens (including phenoxy) is 1. The summed E-state index contributed by atoms with van der Waals surface area (Å²) in [5, 5.41) is 5.33. The van der Waals surface area contributed by atoms with Gasteiger partial charge in [0.25, 0.3) is 5.91 Å². The summed E-state index contributed by atoms with van der Waals surface area (Å²) in [6, 6.07) is 13.9. The molecule has 0 aliphatic heterocycles. The lowest BCUT2D eigenvalue weighted by atomic mass is 10.1. The minimum absolute atomic E-state index is 0.140. The zero-order chi connectivity index (χ0) is 19.1. The standard InChI is InChI=1S/C20H19N3O4/c1-2-26-17-8-6-14(7-9-17)20(25)22-12-19(24)23-16-5-3-4-15(10-16)18-11-21-13-27-18/h3-11,13H,2,12H2,1H3,(H,22,25)(H,23,24). The van der Waals surface area contributed by atoms with Crippen LogP contribution >= 0.6 is 0 Å². The van der Waals surface area contributed by atoms with Crippen molar-refractivity contribution in [3.05, 3.63) is 66.7 Å². The summed E-state index contributed by atoms with van der Waals surface area (Å²) in [7, 11) is 0. The maximum Gasteiger partial charge on any atom is 0.251 e. The van der Waals surface area contributed by atoms with E-state index in [0.29, 0.717) is 29.4 Å². The third kappa shape index (κ3) is 4.94. The maximum absolute atomic E-state index is 12.1. The molecule has 3 aromatic rings. The van der Waals surface area contributed by atoms with E-state index >= 15 is 0 Å². The van der Waals surface area contributed by atoms with Crippen molar-refractivity contribution in [2.24, 2.45) is 0 Å². The van der Waals surface area contributed by atoms with E-state index in [-0.39, 0.29) is 18.4 Å². The van der Waals surface area contributed by atoms with Crippen molar-refractivity contribution in [2.75, 3.05) is 18.5 Å². The molecule has 1 heterocycles. The van der Waals surface area contributed by atoms with Crippen molar-refractivity contribution < 1.29 is 18.7 Å². The maximum atomic E-state index is 12.1. The fraction of sp³-hybridized carbons (Fsp3) is 0.150. The Hall–Kier alpha value is -3.61. The first-order valence-electron chi connectivity index (χ1n) is 8.45. The van der Waals surface area contributed by atoms with Crippen LogP contribution in [0.4, 0.5) is 5.69 Å². The van der Waals surface area contributed by atoms with Crippen molar-refractivity contribution in [2.45, 2.75) is 6.92 Å². The minimum Gasteiger partial charge on any atom is -0.494 e. The predicted molar refractivity (Wildman–Crippen MR) is 101 cm³/mol. The van der Waals surface area contributed by atoms with Gasteiger partial charge < -0.3 is 19.8 Å². The second kappa shape index (κ2) is 8.66. The highest BCUT2D eigenvalue weighted by atomic mass is 16.5. The van der Waals surface area contributed by atoms with Gasteiger partial charge in [-0.25, -0.2) is 4.98 Å². The lowest BCUT2D eigenvalue weighted by Gasteiger charge is -2.08. The number of amides is 2. The summed E-state index contributed by atoms with van der Waals surface area (Å²) in [5.41, 5.74) is 1.85. The fourth-order valence-corrected chi connectivity index (χ4v) is 2.45. The Bertz CT molecular complexity index is 905. The molecule has 0 fully saturated rings. The minimum atomic E-state index is -0.330. The van der Waals surface area contributed by atoms with Crippen LogP contribution < -0.4 is 15.4 Å². The first-order chi connectivity index (χ1) is 13.2. The average Bonchev–Trinajstić information content (AvgIpc) is 3.22. The second-order valence-corrected chi connectivity index (χ2v) is 5.63. The molecule has 138 valence electrons. The third-order valence-electron chi connectivity index (χ3n) is 3.70. The Balaban J connectivity index is 1.53. The molecule has 7 nitrogen and oxygen atoms in total. The number of rotatable bonds is 7. The molecule has 0 bridgehead atoms. The third-order valence-corrected chi connectivity index (χ3v) is 3.70. The van der Waals surface area contributed by atoms with Gasteiger partial charge in [-0.05, 0) is 43.3 Å². The number of nitrogens with one attached hydrogen (secondary N) is 2. The predicted octanol–water partition coefficient (Wildman–Crippen LogP) is 3.11. The molecule has 3 rings (SSSR count). The number of carbonyl (C=O) groups excluding carboxylic acids is 2. The van der Waals surface area contributed by atoms with E-state index in [1.807, 2.05) is 13.0 Å². The zero-order valence-electron chi connectivity index (χ0n) is 14.8. The Morgan fingerprint density at radius 2 is 1.96 bits per heavy atom. The highest BCUT2D eigenvalue weighted by molar-refractivity contribution is 5.99. The number of nitrogens with zero attached hydrogens (tertiary/aromatic N) is 1. The van der Waals surface area contributed by atoms with Gasteiger partial charge in [-0.3, -0.25) is 9.59 Å². The molecule has 27 heavy (non-hydrogen) atoms. The number of anilines is 1. The molecule has 0 unspecified atom stereocenters. The Morgan fingerprint density at radius 1 is 1.15 bits per heavy atom. The molecular weight excluding hydrogens is 346 g/mol. The number of aromatic nitrogens is 1. The Kier molecular flexibility index (Phi) is 5.84. The molecule has 7 heteroatoms. The zero-order valence-corrected chi connectivity index (χ0v) is 14.8. The van der Waals surface area contributed by atoms with E-state index in [9.17, 15) is 9.59 Å². The van der Waals surface area contributed by atoms with Gasteiger partial charge in [0.2, 0.25) is 5.91 Å². The first-order valence-corrected chi connectivity index (χ1v) is 8.45. The van der Waals surface area contributed by atoms with Crippen molar-refractivity contribution in [3.63, 3.8) is 0 Å². The van der Waals surface area contributed by atoms with Gasteiger partial charge in [-0.1, -0.05) is 12.1 Å². The highest BCUT2D eigenvalue weighted by Gasteiger charge is 2.09. The Labute approximate surface area is 156 Å². The van der Waals surface area contributed by atoms with Crippen molar-refractivity contribution in [1.29, 1.82) is 0 Å². The summed E-state index contributed by atoms with van der Waals surface area (Å²) in [4.78, 5) is 28.1. The van der Waals surface area contributed by atoms with Crippen LogP contribution in [-0.2, 0) is 4.79 Å². The van der Waals surface area contributed by atoms with Gasteiger partial charge >= 0.3 is 0 Å². The average molecular weight is 365 g/mol. The molecule has 0 atom stereocenters. The molecule has 2 aromatic carbocycles. The number of oxazole rings is 1. The highest BCUT2D eigenvalue weighted by Crippen LogP contribution is 2.21. The molecule has 2 N–H and O–H groups in total. The molecule has 2 amide bonds. The van der Waals surface area contributed by atoms with Gasteiger partial charge in [-0.15, -0.1) is 0 Å². The van der Waals surface area contributed by atoms with E-state index in [4.69, 9.17) is 9.15 Å². The van der Waals surface area contributed by atoms with E-state index in [1.54, 1.807) is 48.7 Å². The summed E-state index contributed by atoms with van der Waals surface area (Å²) in [6.07, 6.45) is 2.94. The lowest BCUT2D eigenvalue weighted by molar-refractivity contribution is -0.115. The van der Waals surface area contributed by atoms with E-state index in [2.05, 4.69) is 15.6 Å². The van der Waals surface area contributed by atoms with Crippen LogP contribution in [0.25, 0.3) is 11.3 Å². The molecule has 0 aliphatic carbocycles. The van der Waals surface area contributed by atoms with Gasteiger partial charge in [-0.2, -0.15) is 0 Å². The monoisotopic (exact) mass is 365 g/mol. The topological polar surface area (TPSA) is 93.5 Å². The van der Waals surface area contributed by atoms with Gasteiger partial charge in [0.15, 0.2) is 12.2 Å². The summed E-state index contributed by atoms with van der Waals surface area (Å²) < 4.78 is 10.6. The lowest BCUT2D eigenvalue weighted by Crippen LogP contribution is -2.32. The van der Waals surface area contributed by atoms with Crippen molar-refractivity contribution in [1.82, 2.24) is 10.3 Å². The van der Waals surface area contributed by atoms with Crippen LogP contribution in [-0.4, -0.2) is 29.9 Å². The largest absolute Gasteiger partial charge is 0.494 e. The SMILES string of the molecule is CCOc1ccc(C(=O)NCC(=O)Nc2cccc(-c3cnco3)c2)cc1. The van der Waals surface area contributed by atoms with Crippen LogP contribution in [0.15, 0.2) is 65.5 Å². The van der Waals surface area contributed by atoms with Gasteiger partial charge in [0, 0.05) is 16.8 Å². The number of benzene rings is 2. The number of hydrogen-bond donors (Lipinski definition) is 2. The molecule has 0 radical (unpaired) electrons. The van der Waals surface area contributed by atoms with Crippen LogP contribution in [0.5, 0.6) is 5.75 Å². The molecule has 0 aliphatic rings. The summed E-state index contributed by atoms with van der Waals surface area (Å²) in [5.74, 6) is 0.640. The smallest absolute Gasteiger partial charge is 0.251 e. The fourth-order valence-electron chi connectivity index (χ4n) is 2.45. The van der Waals surface area contributed by atoms with Gasteiger partial charge in [0.05, 0.1) is 19.3 Å². The van der Waals surface area contributed by atoms with Crippen LogP contribution in [0.2, 0.25) is 0 Å². The second-order valence-electron chi connectivity index (χ2n) is 5.63. The van der Waals surface area contributed by atoms with E-state index in [1.165, 1.54) is 6.39 Å². The molecule has 0 spiro atoms. The quantitative estimate of drug-likeness (QED) is 0.671. The van der Waals surface area contributed by atoms with Crippen LogP contribution in [0.3, 0.4) is 0 Å². The van der Waals surface area contributed by atoms with Gasteiger partial charge in [0.1, 0.15) is 5.75 Å². The Morgan fingerprint density at radius 3 is 2.67 bits per heavy atom. The first kappa shape index (κ1) is 18.2. The number of hydrogen-bond acceptors (Lipinski definition) is 5. The van der Waals surface area contributed by atoms with Crippen molar-refractivity contribution >= 4 is 17.5 Å². The normalized spacial score (nSPS) is 10.3.